The predicted molar refractivity (Wildman–Crippen MR) is 132 cm³/mol. The van der Waals surface area contributed by atoms with E-state index in [1.165, 1.54) is 19.1 Å². The van der Waals surface area contributed by atoms with E-state index in [1.54, 1.807) is 0 Å². The average molecular weight is 484 g/mol. The molecule has 1 saturated carbocycles. The van der Waals surface area contributed by atoms with E-state index in [1.807, 2.05) is 26.0 Å². The fourth-order valence-corrected chi connectivity index (χ4v) is 4.96. The predicted octanol–water partition coefficient (Wildman–Crippen LogP) is 4.62. The van der Waals surface area contributed by atoms with Gasteiger partial charge in [-0.2, -0.15) is 5.26 Å². The number of amides is 1. The molecule has 1 aliphatic carbocycles. The fraction of sp³-hybridized carbons (Fsp3) is 0.500. The van der Waals surface area contributed by atoms with Crippen molar-refractivity contribution in [3.63, 3.8) is 0 Å². The van der Waals surface area contributed by atoms with Gasteiger partial charge < -0.3 is 15.7 Å². The van der Waals surface area contributed by atoms with Crippen molar-refractivity contribution in [2.75, 3.05) is 6.54 Å². The highest BCUT2D eigenvalue weighted by atomic mass is 19.1. The normalized spacial score (nSPS) is 17.3. The maximum atomic E-state index is 13.7. The first-order valence-corrected chi connectivity index (χ1v) is 12.2. The second kappa shape index (κ2) is 11.3. The number of halogens is 2. The number of hydrogen-bond acceptors (Lipinski definition) is 4. The van der Waals surface area contributed by atoms with Crippen molar-refractivity contribution < 1.29 is 18.7 Å². The number of carbonyl (C=O) groups is 1. The quantitative estimate of drug-likeness (QED) is 0.486. The maximum absolute atomic E-state index is 13.7. The molecule has 35 heavy (non-hydrogen) atoms. The van der Waals surface area contributed by atoms with E-state index >= 15 is 0 Å². The van der Waals surface area contributed by atoms with E-state index in [4.69, 9.17) is 0 Å². The molecular weight excluding hydrogens is 448 g/mol. The third-order valence-electron chi connectivity index (χ3n) is 7.00. The Morgan fingerprint density at radius 2 is 1.80 bits per heavy atom. The second-order valence-electron chi connectivity index (χ2n) is 10.2. The molecule has 0 radical (unpaired) electrons. The minimum atomic E-state index is -0.984. The molecule has 7 heteroatoms. The molecule has 0 bridgehead atoms. The Labute approximate surface area is 206 Å². The summed E-state index contributed by atoms with van der Waals surface area (Å²) in [5, 5.41) is 27.0. The van der Waals surface area contributed by atoms with E-state index in [0.717, 1.165) is 49.3 Å². The Balaban J connectivity index is 1.82. The van der Waals surface area contributed by atoms with Crippen LogP contribution in [-0.2, 0) is 22.2 Å². The zero-order valence-corrected chi connectivity index (χ0v) is 20.7. The molecule has 0 aliphatic heterocycles. The monoisotopic (exact) mass is 483 g/mol. The van der Waals surface area contributed by atoms with Gasteiger partial charge in [-0.3, -0.25) is 4.79 Å². The van der Waals surface area contributed by atoms with Crippen LogP contribution in [0.2, 0.25) is 0 Å². The van der Waals surface area contributed by atoms with E-state index in [0.29, 0.717) is 5.56 Å². The fourth-order valence-electron chi connectivity index (χ4n) is 4.96. The molecule has 2 atom stereocenters. The van der Waals surface area contributed by atoms with Crippen molar-refractivity contribution >= 4 is 5.91 Å². The number of carbonyl (C=O) groups excluding carboxylic acids is 1. The highest BCUT2D eigenvalue weighted by Gasteiger charge is 2.36. The van der Waals surface area contributed by atoms with Crippen molar-refractivity contribution in [3.8, 4) is 6.07 Å². The maximum Gasteiger partial charge on any atom is 0.217 e. The van der Waals surface area contributed by atoms with Gasteiger partial charge in [0.15, 0.2) is 0 Å². The van der Waals surface area contributed by atoms with Crippen molar-refractivity contribution in [2.24, 2.45) is 0 Å². The molecular formula is C28H35F2N3O2. The van der Waals surface area contributed by atoms with E-state index < -0.39 is 29.2 Å². The Hall–Kier alpha value is -2.82. The van der Waals surface area contributed by atoms with E-state index in [9.17, 15) is 23.9 Å². The number of nitriles is 1. The van der Waals surface area contributed by atoms with Gasteiger partial charge in [-0.1, -0.05) is 43.5 Å². The second-order valence-corrected chi connectivity index (χ2v) is 10.2. The number of hydrogen-bond donors (Lipinski definition) is 3. The summed E-state index contributed by atoms with van der Waals surface area (Å²) in [6, 6.07) is 12.9. The topological polar surface area (TPSA) is 85.2 Å². The molecule has 0 aromatic heterocycles. The van der Waals surface area contributed by atoms with Gasteiger partial charge in [-0.05, 0) is 61.9 Å². The van der Waals surface area contributed by atoms with Crippen molar-refractivity contribution in [3.05, 3.63) is 70.8 Å². The number of aliphatic hydroxyl groups excluding tert-OH is 1. The molecule has 2 aromatic rings. The third kappa shape index (κ3) is 6.87. The molecule has 5 nitrogen and oxygen atoms in total. The molecule has 2 unspecified atom stereocenters. The van der Waals surface area contributed by atoms with Crippen molar-refractivity contribution in [1.29, 1.82) is 5.26 Å². The number of nitrogens with one attached hydrogen (secondary N) is 2. The van der Waals surface area contributed by atoms with Gasteiger partial charge in [0.25, 0.3) is 0 Å². The molecule has 3 rings (SSSR count). The summed E-state index contributed by atoms with van der Waals surface area (Å²) in [7, 11) is 0. The molecule has 1 aliphatic rings. The zero-order chi connectivity index (χ0) is 25.6. The Bertz CT molecular complexity index is 1050. The van der Waals surface area contributed by atoms with Crippen LogP contribution in [0, 0.1) is 23.0 Å². The van der Waals surface area contributed by atoms with Crippen LogP contribution in [0.1, 0.15) is 69.6 Å². The van der Waals surface area contributed by atoms with Crippen LogP contribution in [-0.4, -0.2) is 29.7 Å². The first kappa shape index (κ1) is 26.8. The van der Waals surface area contributed by atoms with E-state index in [-0.39, 0.29) is 24.4 Å². The first-order valence-electron chi connectivity index (χ1n) is 12.2. The summed E-state index contributed by atoms with van der Waals surface area (Å²) in [4.78, 5) is 11.8. The van der Waals surface area contributed by atoms with Crippen LogP contribution in [0.4, 0.5) is 8.78 Å². The molecule has 0 heterocycles. The Kier molecular flexibility index (Phi) is 8.63. The standard InChI is InChI=1S/C28H35F2N3O2/c1-19(34)33-25(14-20-12-23(29)16-24(30)13-20)26(35)17-32-28(10-5-4-6-11-28)22-9-7-8-21(15-22)27(2,3)18-31/h7-9,12-13,15-16,25-26,32,35H,4-6,10-11,14,17H2,1-3H3,(H,33,34). The summed E-state index contributed by atoms with van der Waals surface area (Å²) in [5.41, 5.74) is 1.39. The van der Waals surface area contributed by atoms with Gasteiger partial charge in [0.05, 0.1) is 23.6 Å². The molecule has 3 N–H and O–H groups in total. The highest BCUT2D eigenvalue weighted by Crippen LogP contribution is 2.38. The summed E-state index contributed by atoms with van der Waals surface area (Å²) < 4.78 is 27.4. The van der Waals surface area contributed by atoms with Gasteiger partial charge in [0.2, 0.25) is 5.91 Å². The van der Waals surface area contributed by atoms with Gasteiger partial charge in [0, 0.05) is 25.1 Å². The number of nitrogens with zero attached hydrogens (tertiary/aromatic N) is 1. The smallest absolute Gasteiger partial charge is 0.217 e. The molecule has 1 amide bonds. The van der Waals surface area contributed by atoms with Crippen molar-refractivity contribution in [2.45, 2.75) is 82.4 Å². The van der Waals surface area contributed by atoms with Gasteiger partial charge in [-0.15, -0.1) is 0 Å². The number of benzene rings is 2. The van der Waals surface area contributed by atoms with Gasteiger partial charge >= 0.3 is 0 Å². The first-order chi connectivity index (χ1) is 16.5. The molecule has 0 spiro atoms. The highest BCUT2D eigenvalue weighted by molar-refractivity contribution is 5.73. The van der Waals surface area contributed by atoms with Crippen LogP contribution in [0.25, 0.3) is 0 Å². The summed E-state index contributed by atoms with van der Waals surface area (Å²) in [6.07, 6.45) is 4.08. The lowest BCUT2D eigenvalue weighted by molar-refractivity contribution is -0.120. The Morgan fingerprint density at radius 3 is 2.40 bits per heavy atom. The zero-order valence-electron chi connectivity index (χ0n) is 20.7. The molecule has 2 aromatic carbocycles. The van der Waals surface area contributed by atoms with E-state index in [2.05, 4.69) is 28.8 Å². The average Bonchev–Trinajstić information content (AvgIpc) is 2.82. The van der Waals surface area contributed by atoms with Crippen LogP contribution in [0.5, 0.6) is 0 Å². The van der Waals surface area contributed by atoms with Crippen LogP contribution >= 0.6 is 0 Å². The molecule has 1 fully saturated rings. The SMILES string of the molecule is CC(=O)NC(Cc1cc(F)cc(F)c1)C(O)CNC1(c2cccc(C(C)(C)C#N)c2)CCCCC1. The Morgan fingerprint density at radius 1 is 1.14 bits per heavy atom. The molecule has 188 valence electrons. The van der Waals surface area contributed by atoms with Crippen molar-refractivity contribution in [1.82, 2.24) is 10.6 Å². The molecule has 0 saturated heterocycles. The lowest BCUT2D eigenvalue weighted by Gasteiger charge is -2.41. The van der Waals surface area contributed by atoms with Crippen LogP contribution in [0.15, 0.2) is 42.5 Å². The van der Waals surface area contributed by atoms with Gasteiger partial charge in [0.1, 0.15) is 11.6 Å². The minimum absolute atomic E-state index is 0.0932. The summed E-state index contributed by atoms with van der Waals surface area (Å²) >= 11 is 0. The van der Waals surface area contributed by atoms with Crippen LogP contribution in [0.3, 0.4) is 0 Å². The third-order valence-corrected chi connectivity index (χ3v) is 7.00. The number of aliphatic hydroxyl groups is 1. The largest absolute Gasteiger partial charge is 0.390 e. The summed E-state index contributed by atoms with van der Waals surface area (Å²) in [5.74, 6) is -1.73. The minimum Gasteiger partial charge on any atom is -0.390 e. The lowest BCUT2D eigenvalue weighted by atomic mass is 9.74. The van der Waals surface area contributed by atoms with Gasteiger partial charge in [-0.25, -0.2) is 8.78 Å². The van der Waals surface area contributed by atoms with Crippen LogP contribution < -0.4 is 10.6 Å². The lowest BCUT2D eigenvalue weighted by Crippen LogP contribution is -2.53. The summed E-state index contributed by atoms with van der Waals surface area (Å²) in [6.45, 7) is 5.33. The number of rotatable bonds is 9.